The van der Waals surface area contributed by atoms with Gasteiger partial charge in [0.15, 0.2) is 0 Å². The summed E-state index contributed by atoms with van der Waals surface area (Å²) in [7, 11) is 0. The molecule has 2 rings (SSSR count). The highest BCUT2D eigenvalue weighted by Crippen LogP contribution is 2.26. The molecule has 0 aromatic heterocycles. The van der Waals surface area contributed by atoms with Gasteiger partial charge in [-0.1, -0.05) is 34.8 Å². The number of hydrogen-bond acceptors (Lipinski definition) is 1. The Morgan fingerprint density at radius 3 is 2.71 bits per heavy atom. The fourth-order valence-corrected chi connectivity index (χ4v) is 2.40. The smallest absolute Gasteiger partial charge is 0.0383 e. The van der Waals surface area contributed by atoms with Crippen LogP contribution in [0.4, 0.5) is 5.69 Å². The molecular weight excluding hydrogens is 238 g/mol. The molecule has 1 saturated carbocycles. The second kappa shape index (κ2) is 4.35. The van der Waals surface area contributed by atoms with E-state index in [4.69, 9.17) is 0 Å². The molecule has 1 N–H and O–H groups in total. The average Bonchev–Trinajstić information content (AvgIpc) is 2.64. The molecule has 1 aromatic carbocycles. The maximum absolute atomic E-state index is 3.62. The summed E-state index contributed by atoms with van der Waals surface area (Å²) in [6, 6.07) is 7.12. The van der Waals surface area contributed by atoms with Crippen molar-refractivity contribution in [1.82, 2.24) is 0 Å². The molecule has 1 aliphatic carbocycles. The summed E-state index contributed by atoms with van der Waals surface area (Å²) in [4.78, 5) is 0. The van der Waals surface area contributed by atoms with Crippen molar-refractivity contribution in [2.75, 3.05) is 5.32 Å². The number of anilines is 1. The van der Waals surface area contributed by atoms with Gasteiger partial charge in [0.25, 0.3) is 0 Å². The van der Waals surface area contributed by atoms with Gasteiger partial charge >= 0.3 is 0 Å². The maximum atomic E-state index is 3.62. The molecule has 1 nitrogen and oxygen atoms in total. The van der Waals surface area contributed by atoms with Gasteiger partial charge in [-0.2, -0.15) is 0 Å². The minimum absolute atomic E-state index is 0.697. The highest BCUT2D eigenvalue weighted by atomic mass is 79.9. The van der Waals surface area contributed by atoms with Crippen LogP contribution in [0.1, 0.15) is 31.2 Å². The van der Waals surface area contributed by atoms with Crippen molar-refractivity contribution in [3.8, 4) is 0 Å². The van der Waals surface area contributed by atoms with Crippen LogP contribution >= 0.6 is 15.9 Å². The third-order valence-electron chi connectivity index (χ3n) is 2.91. The molecule has 2 heteroatoms. The minimum Gasteiger partial charge on any atom is -0.382 e. The highest BCUT2D eigenvalue weighted by Gasteiger charge is 2.14. The zero-order valence-electron chi connectivity index (χ0n) is 8.52. The first-order valence-corrected chi connectivity index (χ1v) is 6.08. The molecule has 0 heterocycles. The Hall–Kier alpha value is -0.500. The van der Waals surface area contributed by atoms with Gasteiger partial charge in [-0.25, -0.2) is 0 Å². The molecule has 76 valence electrons. The molecule has 1 fully saturated rings. The zero-order chi connectivity index (χ0) is 9.97. The first-order chi connectivity index (χ1) is 6.75. The SMILES string of the molecule is Cc1ccc(Br)cc1NC1CCCC1. The summed E-state index contributed by atoms with van der Waals surface area (Å²) in [5.41, 5.74) is 2.62. The number of benzene rings is 1. The molecule has 1 aromatic rings. The molecule has 14 heavy (non-hydrogen) atoms. The summed E-state index contributed by atoms with van der Waals surface area (Å²) >= 11 is 3.51. The van der Waals surface area contributed by atoms with E-state index in [2.05, 4.69) is 46.4 Å². The standard InChI is InChI=1S/C12H16BrN/c1-9-6-7-10(13)8-12(9)14-11-4-2-3-5-11/h6-8,11,14H,2-5H2,1H3. The molecule has 0 aliphatic heterocycles. The van der Waals surface area contributed by atoms with Gasteiger partial charge in [-0.3, -0.25) is 0 Å². The highest BCUT2D eigenvalue weighted by molar-refractivity contribution is 9.10. The van der Waals surface area contributed by atoms with Gasteiger partial charge in [0.1, 0.15) is 0 Å². The predicted octanol–water partition coefficient (Wildman–Crippen LogP) is 4.11. The Balaban J connectivity index is 2.10. The summed E-state index contributed by atoms with van der Waals surface area (Å²) in [5, 5.41) is 3.62. The molecule has 0 bridgehead atoms. The summed E-state index contributed by atoms with van der Waals surface area (Å²) in [6.07, 6.45) is 5.41. The first kappa shape index (κ1) is 10.0. The van der Waals surface area contributed by atoms with Gasteiger partial charge in [0.2, 0.25) is 0 Å². The van der Waals surface area contributed by atoms with E-state index < -0.39 is 0 Å². The number of hydrogen-bond donors (Lipinski definition) is 1. The normalized spacial score (nSPS) is 17.3. The van der Waals surface area contributed by atoms with Gasteiger partial charge < -0.3 is 5.32 Å². The van der Waals surface area contributed by atoms with E-state index in [1.807, 2.05) is 0 Å². The van der Waals surface area contributed by atoms with Crippen LogP contribution in [-0.2, 0) is 0 Å². The van der Waals surface area contributed by atoms with Crippen molar-refractivity contribution >= 4 is 21.6 Å². The van der Waals surface area contributed by atoms with Gasteiger partial charge in [-0.15, -0.1) is 0 Å². The van der Waals surface area contributed by atoms with Gasteiger partial charge in [0.05, 0.1) is 0 Å². The van der Waals surface area contributed by atoms with E-state index in [0.717, 1.165) is 4.47 Å². The van der Waals surface area contributed by atoms with E-state index in [9.17, 15) is 0 Å². The van der Waals surface area contributed by atoms with Crippen molar-refractivity contribution in [3.05, 3.63) is 28.2 Å². The van der Waals surface area contributed by atoms with Crippen molar-refractivity contribution < 1.29 is 0 Å². The molecule has 0 atom stereocenters. The van der Waals surface area contributed by atoms with Crippen LogP contribution in [0.5, 0.6) is 0 Å². The van der Waals surface area contributed by atoms with E-state index in [0.29, 0.717) is 6.04 Å². The largest absolute Gasteiger partial charge is 0.382 e. The molecular formula is C12H16BrN. The third kappa shape index (κ3) is 2.30. The third-order valence-corrected chi connectivity index (χ3v) is 3.41. The molecule has 1 aliphatic rings. The van der Waals surface area contributed by atoms with Crippen LogP contribution < -0.4 is 5.32 Å². The van der Waals surface area contributed by atoms with Crippen molar-refractivity contribution in [2.45, 2.75) is 38.6 Å². The second-order valence-corrected chi connectivity index (χ2v) is 5.00. The molecule has 0 unspecified atom stereocenters. The van der Waals surface area contributed by atoms with Crippen LogP contribution in [0.25, 0.3) is 0 Å². The van der Waals surface area contributed by atoms with Crippen molar-refractivity contribution in [1.29, 1.82) is 0 Å². The van der Waals surface area contributed by atoms with Crippen LogP contribution in [0.15, 0.2) is 22.7 Å². The number of aryl methyl sites for hydroxylation is 1. The predicted molar refractivity (Wildman–Crippen MR) is 64.8 cm³/mol. The van der Waals surface area contributed by atoms with Crippen LogP contribution in [0.3, 0.4) is 0 Å². The quantitative estimate of drug-likeness (QED) is 0.837. The van der Waals surface area contributed by atoms with Crippen molar-refractivity contribution in [2.24, 2.45) is 0 Å². The van der Waals surface area contributed by atoms with Crippen LogP contribution in [0, 0.1) is 6.92 Å². The fraction of sp³-hybridized carbons (Fsp3) is 0.500. The minimum atomic E-state index is 0.697. The number of halogens is 1. The van der Waals surface area contributed by atoms with Gasteiger partial charge in [0, 0.05) is 16.2 Å². The average molecular weight is 254 g/mol. The molecule has 0 spiro atoms. The van der Waals surface area contributed by atoms with Crippen LogP contribution in [0.2, 0.25) is 0 Å². The van der Waals surface area contributed by atoms with Crippen molar-refractivity contribution in [3.63, 3.8) is 0 Å². The van der Waals surface area contributed by atoms with E-state index in [1.54, 1.807) is 0 Å². The Kier molecular flexibility index (Phi) is 3.12. The van der Waals surface area contributed by atoms with E-state index >= 15 is 0 Å². The fourth-order valence-electron chi connectivity index (χ4n) is 2.04. The first-order valence-electron chi connectivity index (χ1n) is 5.28. The van der Waals surface area contributed by atoms with E-state index in [1.165, 1.54) is 36.9 Å². The Bertz CT molecular complexity index is 316. The Morgan fingerprint density at radius 2 is 2.00 bits per heavy atom. The zero-order valence-corrected chi connectivity index (χ0v) is 10.1. The summed E-state index contributed by atoms with van der Waals surface area (Å²) in [6.45, 7) is 2.16. The lowest BCUT2D eigenvalue weighted by atomic mass is 10.1. The Morgan fingerprint density at radius 1 is 1.29 bits per heavy atom. The number of nitrogens with one attached hydrogen (secondary N) is 1. The summed E-state index contributed by atoms with van der Waals surface area (Å²) < 4.78 is 1.16. The monoisotopic (exact) mass is 253 g/mol. The number of rotatable bonds is 2. The molecule has 0 amide bonds. The topological polar surface area (TPSA) is 12.0 Å². The molecule has 0 saturated heterocycles. The lowest BCUT2D eigenvalue weighted by molar-refractivity contribution is 0.754. The maximum Gasteiger partial charge on any atom is 0.0383 e. The van der Waals surface area contributed by atoms with Crippen LogP contribution in [-0.4, -0.2) is 6.04 Å². The molecule has 0 radical (unpaired) electrons. The second-order valence-electron chi connectivity index (χ2n) is 4.08. The van der Waals surface area contributed by atoms with Gasteiger partial charge in [-0.05, 0) is 37.5 Å². The Labute approximate surface area is 94.0 Å². The lowest BCUT2D eigenvalue weighted by Gasteiger charge is -2.15. The van der Waals surface area contributed by atoms with E-state index in [-0.39, 0.29) is 0 Å². The lowest BCUT2D eigenvalue weighted by Crippen LogP contribution is -2.15. The summed E-state index contributed by atoms with van der Waals surface area (Å²) in [5.74, 6) is 0.